The molecule has 0 aliphatic heterocycles. The zero-order chi connectivity index (χ0) is 17.5. The standard InChI is InChI=1S/C16H21Cl2N5O.HI/c1-3-20-16(21-9-12-8-13(17)15(18)23(12)2)22-10-14(24)11-4-6-19-7-5-11;/h4-8,14,24H,3,9-10H2,1-2H3,(H2,20,21,22);1H. The van der Waals surface area contributed by atoms with Gasteiger partial charge >= 0.3 is 0 Å². The van der Waals surface area contributed by atoms with Gasteiger partial charge in [-0.1, -0.05) is 23.2 Å². The number of aliphatic hydroxyl groups is 1. The lowest BCUT2D eigenvalue weighted by Gasteiger charge is -2.15. The van der Waals surface area contributed by atoms with Crippen LogP contribution in [0.3, 0.4) is 0 Å². The summed E-state index contributed by atoms with van der Waals surface area (Å²) in [6.07, 6.45) is 2.66. The molecule has 0 aromatic carbocycles. The number of hydrogen-bond donors (Lipinski definition) is 3. The molecule has 9 heteroatoms. The maximum absolute atomic E-state index is 10.2. The Labute approximate surface area is 174 Å². The quantitative estimate of drug-likeness (QED) is 0.325. The largest absolute Gasteiger partial charge is 0.387 e. The molecule has 0 saturated heterocycles. The molecule has 1 unspecified atom stereocenters. The van der Waals surface area contributed by atoms with Crippen LogP contribution in [0.4, 0.5) is 0 Å². The number of pyridine rings is 1. The van der Waals surface area contributed by atoms with E-state index in [1.807, 2.05) is 14.0 Å². The van der Waals surface area contributed by atoms with E-state index in [0.29, 0.717) is 35.8 Å². The molecule has 0 radical (unpaired) electrons. The minimum Gasteiger partial charge on any atom is -0.387 e. The Kier molecular flexibility index (Phi) is 9.55. The average Bonchev–Trinajstić information content (AvgIpc) is 2.85. The molecule has 2 heterocycles. The van der Waals surface area contributed by atoms with Crippen molar-refractivity contribution in [2.45, 2.75) is 19.6 Å². The van der Waals surface area contributed by atoms with Crippen LogP contribution in [0.5, 0.6) is 0 Å². The first kappa shape index (κ1) is 22.0. The molecular weight excluding hydrogens is 476 g/mol. The van der Waals surface area contributed by atoms with E-state index in [1.165, 1.54) is 0 Å². The maximum Gasteiger partial charge on any atom is 0.191 e. The fourth-order valence-corrected chi connectivity index (χ4v) is 2.56. The van der Waals surface area contributed by atoms with Gasteiger partial charge in [-0.15, -0.1) is 24.0 Å². The van der Waals surface area contributed by atoms with Crippen molar-refractivity contribution in [3.63, 3.8) is 0 Å². The van der Waals surface area contributed by atoms with E-state index in [9.17, 15) is 5.11 Å². The van der Waals surface area contributed by atoms with Crippen LogP contribution in [0.15, 0.2) is 35.6 Å². The second kappa shape index (κ2) is 10.8. The molecule has 2 aromatic heterocycles. The van der Waals surface area contributed by atoms with Gasteiger partial charge in [0.1, 0.15) is 5.15 Å². The van der Waals surface area contributed by atoms with Crippen molar-refractivity contribution in [3.05, 3.63) is 52.0 Å². The lowest BCUT2D eigenvalue weighted by molar-refractivity contribution is 0.180. The number of rotatable bonds is 6. The molecule has 0 aliphatic carbocycles. The van der Waals surface area contributed by atoms with Crippen LogP contribution in [0.25, 0.3) is 0 Å². The summed E-state index contributed by atoms with van der Waals surface area (Å²) >= 11 is 12.1. The van der Waals surface area contributed by atoms with Crippen molar-refractivity contribution in [1.82, 2.24) is 20.2 Å². The van der Waals surface area contributed by atoms with Crippen LogP contribution < -0.4 is 10.6 Å². The highest BCUT2D eigenvalue weighted by molar-refractivity contribution is 14.0. The molecule has 0 aliphatic rings. The monoisotopic (exact) mass is 497 g/mol. The molecule has 1 atom stereocenters. The molecule has 138 valence electrons. The van der Waals surface area contributed by atoms with Crippen molar-refractivity contribution < 1.29 is 5.11 Å². The summed E-state index contributed by atoms with van der Waals surface area (Å²) in [7, 11) is 1.84. The van der Waals surface area contributed by atoms with Gasteiger partial charge in [0.25, 0.3) is 0 Å². The summed E-state index contributed by atoms with van der Waals surface area (Å²) in [5, 5.41) is 17.5. The van der Waals surface area contributed by atoms with Gasteiger partial charge in [0.05, 0.1) is 17.7 Å². The first-order chi connectivity index (χ1) is 11.5. The Morgan fingerprint density at radius 2 is 2.00 bits per heavy atom. The van der Waals surface area contributed by atoms with E-state index < -0.39 is 6.10 Å². The van der Waals surface area contributed by atoms with Gasteiger partial charge in [-0.3, -0.25) is 4.98 Å². The molecule has 2 rings (SSSR count). The van der Waals surface area contributed by atoms with Gasteiger partial charge in [0.2, 0.25) is 0 Å². The van der Waals surface area contributed by atoms with Gasteiger partial charge in [0.15, 0.2) is 5.96 Å². The van der Waals surface area contributed by atoms with Crippen LogP contribution in [0, 0.1) is 0 Å². The highest BCUT2D eigenvalue weighted by atomic mass is 127. The number of guanidine groups is 1. The molecule has 0 fully saturated rings. The number of aliphatic hydroxyl groups excluding tert-OH is 1. The lowest BCUT2D eigenvalue weighted by atomic mass is 10.1. The molecule has 2 aromatic rings. The van der Waals surface area contributed by atoms with Crippen LogP contribution >= 0.6 is 47.2 Å². The van der Waals surface area contributed by atoms with Gasteiger partial charge in [-0.2, -0.15) is 0 Å². The van der Waals surface area contributed by atoms with E-state index in [2.05, 4.69) is 20.6 Å². The van der Waals surface area contributed by atoms with E-state index in [0.717, 1.165) is 11.3 Å². The number of hydrogen-bond acceptors (Lipinski definition) is 3. The van der Waals surface area contributed by atoms with Crippen LogP contribution in [-0.2, 0) is 13.6 Å². The van der Waals surface area contributed by atoms with E-state index in [-0.39, 0.29) is 24.0 Å². The molecule has 3 N–H and O–H groups in total. The minimum absolute atomic E-state index is 0. The Bertz CT molecular complexity index is 693. The number of halogens is 3. The SMILES string of the molecule is CCNC(=NCc1cc(Cl)c(Cl)n1C)NCC(O)c1ccncc1.I. The summed E-state index contributed by atoms with van der Waals surface area (Å²) in [5.74, 6) is 0.610. The van der Waals surface area contributed by atoms with Gasteiger partial charge < -0.3 is 20.3 Å². The van der Waals surface area contributed by atoms with Crippen LogP contribution in [0.2, 0.25) is 10.2 Å². The third kappa shape index (κ3) is 6.32. The fourth-order valence-electron chi connectivity index (χ4n) is 2.14. The first-order valence-electron chi connectivity index (χ1n) is 7.62. The highest BCUT2D eigenvalue weighted by Crippen LogP contribution is 2.25. The second-order valence-electron chi connectivity index (χ2n) is 5.21. The van der Waals surface area contributed by atoms with Crippen molar-refractivity contribution >= 4 is 53.1 Å². The molecule has 0 saturated carbocycles. The number of nitrogens with one attached hydrogen (secondary N) is 2. The third-order valence-electron chi connectivity index (χ3n) is 3.51. The highest BCUT2D eigenvalue weighted by Gasteiger charge is 2.10. The summed E-state index contributed by atoms with van der Waals surface area (Å²) in [5.41, 5.74) is 1.70. The average molecular weight is 498 g/mol. The van der Waals surface area contributed by atoms with Crippen molar-refractivity contribution in [1.29, 1.82) is 0 Å². The summed E-state index contributed by atoms with van der Waals surface area (Å²) in [6, 6.07) is 5.36. The van der Waals surface area contributed by atoms with Gasteiger partial charge in [-0.05, 0) is 30.7 Å². The first-order valence-corrected chi connectivity index (χ1v) is 8.38. The number of aromatic nitrogens is 2. The molecule has 0 spiro atoms. The Morgan fingerprint density at radius 1 is 1.32 bits per heavy atom. The Balaban J connectivity index is 0.00000312. The minimum atomic E-state index is -0.643. The molecule has 25 heavy (non-hydrogen) atoms. The lowest BCUT2D eigenvalue weighted by Crippen LogP contribution is -2.39. The predicted octanol–water partition coefficient (Wildman–Crippen LogP) is 3.13. The van der Waals surface area contributed by atoms with E-state index >= 15 is 0 Å². The smallest absolute Gasteiger partial charge is 0.191 e. The molecule has 6 nitrogen and oxygen atoms in total. The Morgan fingerprint density at radius 3 is 2.56 bits per heavy atom. The van der Waals surface area contributed by atoms with Crippen LogP contribution in [-0.4, -0.2) is 33.7 Å². The normalized spacial score (nSPS) is 12.4. The van der Waals surface area contributed by atoms with E-state index in [1.54, 1.807) is 35.2 Å². The summed E-state index contributed by atoms with van der Waals surface area (Å²) < 4.78 is 1.79. The topological polar surface area (TPSA) is 74.5 Å². The molecular formula is C16H22Cl2IN5O. The predicted molar refractivity (Wildman–Crippen MR) is 113 cm³/mol. The molecule has 0 bridgehead atoms. The second-order valence-corrected chi connectivity index (χ2v) is 5.97. The fraction of sp³-hybridized carbons (Fsp3) is 0.375. The van der Waals surface area contributed by atoms with Gasteiger partial charge in [-0.25, -0.2) is 4.99 Å². The zero-order valence-electron chi connectivity index (χ0n) is 14.0. The Hall–Kier alpha value is -1.03. The van der Waals surface area contributed by atoms with Crippen molar-refractivity contribution in [3.8, 4) is 0 Å². The number of aliphatic imine (C=N–C) groups is 1. The number of nitrogens with zero attached hydrogens (tertiary/aromatic N) is 3. The van der Waals surface area contributed by atoms with Crippen molar-refractivity contribution in [2.75, 3.05) is 13.1 Å². The zero-order valence-corrected chi connectivity index (χ0v) is 17.9. The maximum atomic E-state index is 10.2. The van der Waals surface area contributed by atoms with Gasteiger partial charge in [0, 0.05) is 38.2 Å². The third-order valence-corrected chi connectivity index (χ3v) is 4.35. The molecule has 0 amide bonds. The van der Waals surface area contributed by atoms with Crippen LogP contribution in [0.1, 0.15) is 24.3 Å². The van der Waals surface area contributed by atoms with Crippen molar-refractivity contribution in [2.24, 2.45) is 12.0 Å². The summed E-state index contributed by atoms with van der Waals surface area (Å²) in [4.78, 5) is 8.44. The van der Waals surface area contributed by atoms with E-state index in [4.69, 9.17) is 23.2 Å². The summed E-state index contributed by atoms with van der Waals surface area (Å²) in [6.45, 7) is 3.45.